The lowest BCUT2D eigenvalue weighted by Gasteiger charge is -2.08. The van der Waals surface area contributed by atoms with E-state index in [1.165, 1.54) is 0 Å². The largest absolute Gasteiger partial charge is 0.306 e. The van der Waals surface area contributed by atoms with Crippen molar-refractivity contribution in [2.75, 3.05) is 0 Å². The van der Waals surface area contributed by atoms with E-state index >= 15 is 0 Å². The van der Waals surface area contributed by atoms with Crippen LogP contribution in [0.4, 0.5) is 0 Å². The Bertz CT molecular complexity index is 984. The maximum atomic E-state index is 12.5. The van der Waals surface area contributed by atoms with Crippen LogP contribution in [0.3, 0.4) is 0 Å². The predicted octanol–water partition coefficient (Wildman–Crippen LogP) is 1.95. The molecule has 2 aromatic carbocycles. The van der Waals surface area contributed by atoms with Crippen LogP contribution in [0.2, 0.25) is 0 Å². The van der Waals surface area contributed by atoms with Gasteiger partial charge in [-0.3, -0.25) is 4.79 Å². The minimum absolute atomic E-state index is 0.0181. The number of nitrogens with zero attached hydrogens (tertiary/aromatic N) is 2. The summed E-state index contributed by atoms with van der Waals surface area (Å²) in [5, 5.41) is 13.9. The first kappa shape index (κ1) is 10.3. The fourth-order valence-electron chi connectivity index (χ4n) is 3.10. The molecule has 2 heterocycles. The summed E-state index contributed by atoms with van der Waals surface area (Å²) in [6.07, 6.45) is 0.655. The lowest BCUT2D eigenvalue weighted by Crippen LogP contribution is -2.31. The van der Waals surface area contributed by atoms with E-state index in [1.54, 1.807) is 4.57 Å². The molecular weight excluding hydrogens is 236 g/mol. The van der Waals surface area contributed by atoms with Crippen molar-refractivity contribution in [3.05, 3.63) is 52.1 Å². The molecule has 0 amide bonds. The van der Waals surface area contributed by atoms with Gasteiger partial charge >= 0.3 is 0 Å². The number of pyridine rings is 1. The molecule has 0 bridgehead atoms. The Morgan fingerprint density at radius 3 is 2.58 bits per heavy atom. The average molecular weight is 246 g/mol. The number of hydrogen-bond donors (Lipinski definition) is 0. The number of hydrogen-bond acceptors (Lipinski definition) is 2. The number of nitriles is 1. The van der Waals surface area contributed by atoms with Crippen LogP contribution in [0.5, 0.6) is 0 Å². The Morgan fingerprint density at radius 1 is 1.11 bits per heavy atom. The fourth-order valence-corrected chi connectivity index (χ4v) is 3.10. The molecule has 0 N–H and O–H groups in total. The van der Waals surface area contributed by atoms with Crippen molar-refractivity contribution in [1.29, 1.82) is 5.26 Å². The zero-order valence-corrected chi connectivity index (χ0v) is 10.2. The molecule has 3 nitrogen and oxygen atoms in total. The van der Waals surface area contributed by atoms with Crippen LogP contribution in [0, 0.1) is 11.3 Å². The molecule has 1 aromatic heterocycles. The molecule has 0 atom stereocenters. The molecule has 0 unspecified atom stereocenters. The zero-order chi connectivity index (χ0) is 13.0. The average Bonchev–Trinajstić information content (AvgIpc) is 2.88. The van der Waals surface area contributed by atoms with E-state index in [0.29, 0.717) is 13.0 Å². The van der Waals surface area contributed by atoms with Crippen LogP contribution >= 0.6 is 0 Å². The quantitative estimate of drug-likeness (QED) is 0.608. The molecule has 4 rings (SSSR count). The van der Waals surface area contributed by atoms with Crippen molar-refractivity contribution in [2.24, 2.45) is 0 Å². The zero-order valence-electron chi connectivity index (χ0n) is 10.2. The molecule has 0 saturated carbocycles. The SMILES string of the molecule is N#CC1=c2c3cccc4cccc(c(=O)n2CC1)c43. The number of fused-ring (bicyclic) bond motifs is 2. The summed E-state index contributed by atoms with van der Waals surface area (Å²) in [5.74, 6) is 0. The van der Waals surface area contributed by atoms with Gasteiger partial charge < -0.3 is 4.57 Å². The highest BCUT2D eigenvalue weighted by Crippen LogP contribution is 2.23. The van der Waals surface area contributed by atoms with Crippen LogP contribution in [-0.4, -0.2) is 4.57 Å². The fraction of sp³-hybridized carbons (Fsp3) is 0.125. The van der Waals surface area contributed by atoms with Crippen molar-refractivity contribution >= 4 is 27.1 Å². The first-order chi connectivity index (χ1) is 9.31. The Balaban J connectivity index is 2.48. The maximum absolute atomic E-state index is 12.5. The van der Waals surface area contributed by atoms with Gasteiger partial charge in [0.25, 0.3) is 5.56 Å². The van der Waals surface area contributed by atoms with E-state index < -0.39 is 0 Å². The minimum Gasteiger partial charge on any atom is -0.306 e. The van der Waals surface area contributed by atoms with Crippen LogP contribution in [0.15, 0.2) is 41.2 Å². The molecular formula is C16H10N2O. The van der Waals surface area contributed by atoms with Gasteiger partial charge in [-0.15, -0.1) is 0 Å². The first-order valence-electron chi connectivity index (χ1n) is 6.28. The summed E-state index contributed by atoms with van der Waals surface area (Å²) in [7, 11) is 0. The first-order valence-corrected chi connectivity index (χ1v) is 6.28. The maximum Gasteiger partial charge on any atom is 0.258 e. The summed E-state index contributed by atoms with van der Waals surface area (Å²) in [5.41, 5.74) is 0.736. The van der Waals surface area contributed by atoms with E-state index in [1.807, 2.05) is 36.4 Å². The predicted molar refractivity (Wildman–Crippen MR) is 74.6 cm³/mol. The molecule has 0 saturated heterocycles. The number of rotatable bonds is 0. The van der Waals surface area contributed by atoms with E-state index in [2.05, 4.69) is 6.07 Å². The van der Waals surface area contributed by atoms with Crippen LogP contribution < -0.4 is 10.9 Å². The topological polar surface area (TPSA) is 45.8 Å². The molecule has 1 aliphatic rings. The highest BCUT2D eigenvalue weighted by Gasteiger charge is 2.18. The monoisotopic (exact) mass is 246 g/mol. The second kappa shape index (κ2) is 3.46. The van der Waals surface area contributed by atoms with Crippen molar-refractivity contribution in [2.45, 2.75) is 13.0 Å². The van der Waals surface area contributed by atoms with Gasteiger partial charge in [0.05, 0.1) is 17.0 Å². The van der Waals surface area contributed by atoms with Gasteiger partial charge in [-0.1, -0.05) is 30.3 Å². The van der Waals surface area contributed by atoms with Gasteiger partial charge in [0, 0.05) is 29.1 Å². The summed E-state index contributed by atoms with van der Waals surface area (Å²) >= 11 is 0. The van der Waals surface area contributed by atoms with Gasteiger partial charge in [-0.25, -0.2) is 0 Å². The molecule has 0 spiro atoms. The lowest BCUT2D eigenvalue weighted by atomic mass is 10.0. The van der Waals surface area contributed by atoms with E-state index in [9.17, 15) is 10.1 Å². The van der Waals surface area contributed by atoms with Gasteiger partial charge in [0.1, 0.15) is 0 Å². The third-order valence-electron chi connectivity index (χ3n) is 3.91. The summed E-state index contributed by atoms with van der Waals surface area (Å²) in [4.78, 5) is 12.5. The Hall–Kier alpha value is -2.60. The molecule has 1 aliphatic heterocycles. The van der Waals surface area contributed by atoms with Crippen molar-refractivity contribution < 1.29 is 0 Å². The third-order valence-corrected chi connectivity index (χ3v) is 3.91. The second-order valence-corrected chi connectivity index (χ2v) is 4.86. The van der Waals surface area contributed by atoms with Crippen LogP contribution in [-0.2, 0) is 6.54 Å². The van der Waals surface area contributed by atoms with E-state index in [4.69, 9.17) is 0 Å². The summed E-state index contributed by atoms with van der Waals surface area (Å²) in [6, 6.07) is 14.0. The highest BCUT2D eigenvalue weighted by atomic mass is 16.1. The van der Waals surface area contributed by atoms with Gasteiger partial charge in [-0.2, -0.15) is 5.26 Å². The molecule has 0 radical (unpaired) electrons. The number of aromatic nitrogens is 1. The van der Waals surface area contributed by atoms with Crippen LogP contribution in [0.25, 0.3) is 27.1 Å². The smallest absolute Gasteiger partial charge is 0.258 e. The molecule has 19 heavy (non-hydrogen) atoms. The van der Waals surface area contributed by atoms with Crippen LogP contribution in [0.1, 0.15) is 6.42 Å². The van der Waals surface area contributed by atoms with E-state index in [0.717, 1.165) is 32.5 Å². The van der Waals surface area contributed by atoms with Crippen molar-refractivity contribution in [3.8, 4) is 6.07 Å². The molecule has 3 heteroatoms. The lowest BCUT2D eigenvalue weighted by molar-refractivity contribution is 0.718. The second-order valence-electron chi connectivity index (χ2n) is 4.86. The molecule has 90 valence electrons. The van der Waals surface area contributed by atoms with Crippen molar-refractivity contribution in [3.63, 3.8) is 0 Å². The Labute approximate surface area is 109 Å². The Morgan fingerprint density at radius 2 is 1.84 bits per heavy atom. The Kier molecular flexibility index (Phi) is 1.88. The molecule has 0 aliphatic carbocycles. The van der Waals surface area contributed by atoms with E-state index in [-0.39, 0.29) is 5.56 Å². The summed E-state index contributed by atoms with van der Waals surface area (Å²) < 4.78 is 1.75. The number of benzene rings is 2. The van der Waals surface area contributed by atoms with Crippen molar-refractivity contribution in [1.82, 2.24) is 4.57 Å². The standard InChI is InChI=1S/C16H10N2O/c17-9-11-7-8-18-15(11)12-5-1-3-10-4-2-6-13(14(10)12)16(18)19/h1-6H,7-8H2. The molecule has 0 fully saturated rings. The summed E-state index contributed by atoms with van der Waals surface area (Å²) in [6.45, 7) is 0.613. The third kappa shape index (κ3) is 1.18. The van der Waals surface area contributed by atoms with Gasteiger partial charge in [-0.05, 0) is 11.5 Å². The minimum atomic E-state index is 0.0181. The van der Waals surface area contributed by atoms with Gasteiger partial charge in [0.2, 0.25) is 0 Å². The van der Waals surface area contributed by atoms with Gasteiger partial charge in [0.15, 0.2) is 0 Å². The normalized spacial score (nSPS) is 13.9. The highest BCUT2D eigenvalue weighted by molar-refractivity contribution is 6.10. The molecule has 3 aromatic rings.